The monoisotopic (exact) mass is 457 g/mol. The van der Waals surface area contributed by atoms with Crippen molar-refractivity contribution in [2.45, 2.75) is 26.2 Å². The van der Waals surface area contributed by atoms with Crippen molar-refractivity contribution in [1.82, 2.24) is 0 Å². The van der Waals surface area contributed by atoms with Crippen molar-refractivity contribution in [2.75, 3.05) is 19.0 Å². The molecular formula is C24H24ClNO4S. The number of ether oxygens (including phenoxy) is 2. The van der Waals surface area contributed by atoms with Gasteiger partial charge in [-0.2, -0.15) is 0 Å². The van der Waals surface area contributed by atoms with Crippen LogP contribution in [-0.2, 0) is 16.0 Å². The number of hydrogen-bond donors (Lipinski definition) is 1. The second-order valence-corrected chi connectivity index (χ2v) is 8.17. The van der Waals surface area contributed by atoms with Crippen molar-refractivity contribution < 1.29 is 19.1 Å². The summed E-state index contributed by atoms with van der Waals surface area (Å²) >= 11 is 7.16. The van der Waals surface area contributed by atoms with Crippen LogP contribution in [0, 0.1) is 0 Å². The average Bonchev–Trinajstić information content (AvgIpc) is 3.20. The number of thiophene rings is 1. The Morgan fingerprint density at radius 1 is 1.06 bits per heavy atom. The Morgan fingerprint density at radius 3 is 2.42 bits per heavy atom. The van der Waals surface area contributed by atoms with E-state index in [0.717, 1.165) is 17.5 Å². The lowest BCUT2D eigenvalue weighted by molar-refractivity contribution is -0.116. The van der Waals surface area contributed by atoms with Gasteiger partial charge in [0.1, 0.15) is 16.3 Å². The molecule has 0 radical (unpaired) electrons. The predicted octanol–water partition coefficient (Wildman–Crippen LogP) is 6.22. The van der Waals surface area contributed by atoms with Gasteiger partial charge in [0.25, 0.3) is 0 Å². The number of carbonyl (C=O) groups excluding carboxylic acids is 2. The highest BCUT2D eigenvalue weighted by molar-refractivity contribution is 7.15. The Morgan fingerprint density at radius 2 is 1.77 bits per heavy atom. The van der Waals surface area contributed by atoms with Crippen molar-refractivity contribution in [3.63, 3.8) is 0 Å². The van der Waals surface area contributed by atoms with Gasteiger partial charge in [-0.3, -0.25) is 4.79 Å². The lowest BCUT2D eigenvalue weighted by Gasteiger charge is -2.09. The van der Waals surface area contributed by atoms with E-state index in [2.05, 4.69) is 12.2 Å². The van der Waals surface area contributed by atoms with E-state index in [-0.39, 0.29) is 12.3 Å². The van der Waals surface area contributed by atoms with Crippen LogP contribution in [0.1, 0.15) is 35.7 Å². The lowest BCUT2D eigenvalue weighted by Crippen LogP contribution is -2.14. The summed E-state index contributed by atoms with van der Waals surface area (Å²) in [6, 6.07) is 15.1. The molecule has 0 saturated heterocycles. The molecule has 1 heterocycles. The number of nitrogens with one attached hydrogen (secondary N) is 1. The third kappa shape index (κ3) is 6.09. The molecule has 0 aliphatic rings. The first-order valence-electron chi connectivity index (χ1n) is 9.99. The zero-order valence-electron chi connectivity index (χ0n) is 17.4. The Labute approximate surface area is 191 Å². The minimum absolute atomic E-state index is 0.181. The first-order valence-corrected chi connectivity index (χ1v) is 11.2. The first-order chi connectivity index (χ1) is 15.0. The normalized spacial score (nSPS) is 10.5. The SMILES string of the molecule is CCc1ccc(-c2csc(NC(=O)CCCOc3ccc(Cl)cc3)c2C(=O)OC)cc1. The van der Waals surface area contributed by atoms with Crippen LogP contribution >= 0.6 is 22.9 Å². The second-order valence-electron chi connectivity index (χ2n) is 6.85. The molecule has 5 nitrogen and oxygen atoms in total. The first kappa shape index (κ1) is 22.8. The van der Waals surface area contributed by atoms with E-state index in [0.29, 0.717) is 34.4 Å². The van der Waals surface area contributed by atoms with Crippen molar-refractivity contribution in [3.8, 4) is 16.9 Å². The third-order valence-electron chi connectivity index (χ3n) is 4.74. The maximum absolute atomic E-state index is 12.4. The highest BCUT2D eigenvalue weighted by atomic mass is 35.5. The van der Waals surface area contributed by atoms with Crippen LogP contribution in [0.2, 0.25) is 5.02 Å². The van der Waals surface area contributed by atoms with Gasteiger partial charge in [0.05, 0.1) is 13.7 Å². The van der Waals surface area contributed by atoms with Gasteiger partial charge in [0.2, 0.25) is 5.91 Å². The van der Waals surface area contributed by atoms with Crippen LogP contribution in [0.4, 0.5) is 5.00 Å². The number of esters is 1. The Kier molecular flexibility index (Phi) is 8.09. The van der Waals surface area contributed by atoms with Gasteiger partial charge in [-0.25, -0.2) is 4.79 Å². The van der Waals surface area contributed by atoms with Crippen LogP contribution < -0.4 is 10.1 Å². The zero-order valence-corrected chi connectivity index (χ0v) is 19.0. The summed E-state index contributed by atoms with van der Waals surface area (Å²) in [5.41, 5.74) is 3.25. The number of carbonyl (C=O) groups is 2. The van der Waals surface area contributed by atoms with Gasteiger partial charge in [0, 0.05) is 22.4 Å². The van der Waals surface area contributed by atoms with Crippen LogP contribution in [0.3, 0.4) is 0 Å². The molecular weight excluding hydrogens is 434 g/mol. The fourth-order valence-corrected chi connectivity index (χ4v) is 4.13. The van der Waals surface area contributed by atoms with Gasteiger partial charge < -0.3 is 14.8 Å². The molecule has 3 aromatic rings. The molecule has 0 saturated carbocycles. The Hall–Kier alpha value is -2.83. The fourth-order valence-electron chi connectivity index (χ4n) is 3.03. The highest BCUT2D eigenvalue weighted by Crippen LogP contribution is 2.36. The molecule has 7 heteroatoms. The minimum Gasteiger partial charge on any atom is -0.494 e. The van der Waals surface area contributed by atoms with Crippen LogP contribution in [0.5, 0.6) is 5.75 Å². The van der Waals surface area contributed by atoms with Gasteiger partial charge >= 0.3 is 5.97 Å². The largest absolute Gasteiger partial charge is 0.494 e. The molecule has 0 spiro atoms. The number of methoxy groups -OCH3 is 1. The predicted molar refractivity (Wildman–Crippen MR) is 125 cm³/mol. The fraction of sp³-hybridized carbons (Fsp3) is 0.250. The summed E-state index contributed by atoms with van der Waals surface area (Å²) in [6.07, 6.45) is 1.75. The average molecular weight is 458 g/mol. The maximum Gasteiger partial charge on any atom is 0.341 e. The molecule has 31 heavy (non-hydrogen) atoms. The topological polar surface area (TPSA) is 64.6 Å². The summed E-state index contributed by atoms with van der Waals surface area (Å²) in [5.74, 6) is 0.0477. The number of rotatable bonds is 9. The van der Waals surface area contributed by atoms with Crippen molar-refractivity contribution in [3.05, 3.63) is 70.1 Å². The van der Waals surface area contributed by atoms with E-state index in [9.17, 15) is 9.59 Å². The molecule has 2 aromatic carbocycles. The molecule has 0 atom stereocenters. The van der Waals surface area contributed by atoms with Crippen molar-refractivity contribution >= 4 is 39.8 Å². The molecule has 1 amide bonds. The number of hydrogen-bond acceptors (Lipinski definition) is 5. The highest BCUT2D eigenvalue weighted by Gasteiger charge is 2.22. The Balaban J connectivity index is 1.63. The molecule has 0 fully saturated rings. The van der Waals surface area contributed by atoms with Gasteiger partial charge in [-0.15, -0.1) is 11.3 Å². The summed E-state index contributed by atoms with van der Waals surface area (Å²) in [6.45, 7) is 2.49. The molecule has 0 unspecified atom stereocenters. The standard InChI is InChI=1S/C24H24ClNO4S/c1-3-16-6-8-17(9-7-16)20-15-31-23(22(20)24(28)29-2)26-21(27)5-4-14-30-19-12-10-18(25)11-13-19/h6-13,15H,3-5,14H2,1-2H3,(H,26,27). The van der Waals surface area contributed by atoms with Crippen molar-refractivity contribution in [1.29, 1.82) is 0 Å². The molecule has 162 valence electrons. The zero-order chi connectivity index (χ0) is 22.2. The summed E-state index contributed by atoms with van der Waals surface area (Å²) in [7, 11) is 1.34. The van der Waals surface area contributed by atoms with E-state index in [1.54, 1.807) is 24.3 Å². The van der Waals surface area contributed by atoms with Crippen LogP contribution in [-0.4, -0.2) is 25.6 Å². The molecule has 1 N–H and O–H groups in total. The van der Waals surface area contributed by atoms with Gasteiger partial charge in [-0.1, -0.05) is 42.8 Å². The summed E-state index contributed by atoms with van der Waals surface area (Å²) in [4.78, 5) is 24.9. The van der Waals surface area contributed by atoms with Crippen molar-refractivity contribution in [2.24, 2.45) is 0 Å². The van der Waals surface area contributed by atoms with E-state index < -0.39 is 5.97 Å². The summed E-state index contributed by atoms with van der Waals surface area (Å²) in [5, 5.41) is 5.85. The van der Waals surface area contributed by atoms with E-state index >= 15 is 0 Å². The maximum atomic E-state index is 12.4. The lowest BCUT2D eigenvalue weighted by atomic mass is 10.0. The van der Waals surface area contributed by atoms with Gasteiger partial charge in [-0.05, 0) is 48.2 Å². The van der Waals surface area contributed by atoms with E-state index in [1.807, 2.05) is 29.6 Å². The van der Waals surface area contributed by atoms with Gasteiger partial charge in [0.15, 0.2) is 0 Å². The van der Waals surface area contributed by atoms with Crippen LogP contribution in [0.15, 0.2) is 53.9 Å². The van der Waals surface area contributed by atoms with E-state index in [1.165, 1.54) is 24.0 Å². The quantitative estimate of drug-likeness (QED) is 0.306. The van der Waals surface area contributed by atoms with E-state index in [4.69, 9.17) is 21.1 Å². The Bertz CT molecular complexity index is 1030. The molecule has 3 rings (SSSR count). The molecule has 0 bridgehead atoms. The minimum atomic E-state index is -0.475. The summed E-state index contributed by atoms with van der Waals surface area (Å²) < 4.78 is 10.6. The smallest absolute Gasteiger partial charge is 0.341 e. The number of aryl methyl sites for hydroxylation is 1. The second kappa shape index (κ2) is 11.0. The molecule has 0 aliphatic carbocycles. The molecule has 1 aromatic heterocycles. The number of halogens is 1. The number of anilines is 1. The number of benzene rings is 2. The molecule has 0 aliphatic heterocycles. The third-order valence-corrected chi connectivity index (χ3v) is 5.88. The number of amides is 1. The van der Waals surface area contributed by atoms with Crippen LogP contribution in [0.25, 0.3) is 11.1 Å².